The number of carbonyl (C=O) groups is 2. The highest BCUT2D eigenvalue weighted by Gasteiger charge is 2.28. The van der Waals surface area contributed by atoms with Gasteiger partial charge in [-0.2, -0.15) is 0 Å². The summed E-state index contributed by atoms with van der Waals surface area (Å²) >= 11 is 0. The Morgan fingerprint density at radius 1 is 1.08 bits per heavy atom. The molecule has 3 N–H and O–H groups in total. The van der Waals surface area contributed by atoms with Crippen LogP contribution in [0.2, 0.25) is 0 Å². The summed E-state index contributed by atoms with van der Waals surface area (Å²) in [4.78, 5) is 24.1. The van der Waals surface area contributed by atoms with Gasteiger partial charge in [0.2, 0.25) is 5.91 Å². The lowest BCUT2D eigenvalue weighted by molar-refractivity contribution is -0.142. The van der Waals surface area contributed by atoms with Crippen molar-refractivity contribution in [2.75, 3.05) is 0 Å². The molecule has 2 atom stereocenters. The summed E-state index contributed by atoms with van der Waals surface area (Å²) in [5, 5.41) is 15.3. The zero-order valence-corrected chi connectivity index (χ0v) is 15.3. The summed E-state index contributed by atoms with van der Waals surface area (Å²) in [6, 6.07) is 8.37. The van der Waals surface area contributed by atoms with Crippen molar-refractivity contribution >= 4 is 11.9 Å². The summed E-state index contributed by atoms with van der Waals surface area (Å²) in [6.45, 7) is 9.84. The third kappa shape index (κ3) is 7.59. The first-order valence-electron chi connectivity index (χ1n) is 8.43. The van der Waals surface area contributed by atoms with Crippen LogP contribution in [0.15, 0.2) is 30.3 Å². The predicted octanol–water partition coefficient (Wildman–Crippen LogP) is 2.60. The van der Waals surface area contributed by atoms with Crippen molar-refractivity contribution in [2.24, 2.45) is 5.92 Å². The molecule has 1 rings (SSSR count). The molecule has 0 unspecified atom stereocenters. The van der Waals surface area contributed by atoms with Crippen molar-refractivity contribution in [3.8, 4) is 0 Å². The minimum absolute atomic E-state index is 0.189. The highest BCUT2D eigenvalue weighted by atomic mass is 16.4. The van der Waals surface area contributed by atoms with Crippen LogP contribution in [-0.2, 0) is 16.0 Å². The quantitative estimate of drug-likeness (QED) is 0.683. The molecule has 1 aromatic rings. The molecule has 0 radical (unpaired) electrons. The highest BCUT2D eigenvalue weighted by Crippen LogP contribution is 2.10. The molecule has 0 heterocycles. The van der Waals surface area contributed by atoms with Gasteiger partial charge in [0.1, 0.15) is 6.04 Å². The maximum Gasteiger partial charge on any atom is 0.326 e. The standard InChI is InChI=1S/C19H30N2O3/c1-13(2)11-16(18(23)24)20-17(22)15(21-19(3,4)5)12-14-9-7-6-8-10-14/h6-10,13,15-16,21H,11-12H2,1-5H3,(H,20,22)(H,23,24)/t15-,16-/m0/s1. The number of aliphatic carboxylic acids is 1. The summed E-state index contributed by atoms with van der Waals surface area (Å²) in [5.74, 6) is -1.08. The average Bonchev–Trinajstić information content (AvgIpc) is 2.45. The van der Waals surface area contributed by atoms with Gasteiger partial charge in [-0.15, -0.1) is 0 Å². The number of amides is 1. The number of carbonyl (C=O) groups excluding carboxylic acids is 1. The Kier molecular flexibility index (Phi) is 7.42. The minimum Gasteiger partial charge on any atom is -0.480 e. The summed E-state index contributed by atoms with van der Waals surface area (Å²) in [5.41, 5.74) is 0.776. The zero-order valence-electron chi connectivity index (χ0n) is 15.3. The molecule has 0 aliphatic carbocycles. The van der Waals surface area contributed by atoms with Crippen molar-refractivity contribution in [1.82, 2.24) is 10.6 Å². The lowest BCUT2D eigenvalue weighted by Gasteiger charge is -2.29. The number of carboxylic acid groups (broad SMARTS) is 1. The minimum atomic E-state index is -0.994. The van der Waals surface area contributed by atoms with Gasteiger partial charge in [0.25, 0.3) is 0 Å². The molecule has 0 aliphatic heterocycles. The Morgan fingerprint density at radius 2 is 1.67 bits per heavy atom. The van der Waals surface area contributed by atoms with Crippen molar-refractivity contribution < 1.29 is 14.7 Å². The van der Waals surface area contributed by atoms with Crippen LogP contribution in [0.4, 0.5) is 0 Å². The molecule has 1 amide bonds. The van der Waals surface area contributed by atoms with Crippen molar-refractivity contribution in [2.45, 2.75) is 65.1 Å². The molecule has 5 heteroatoms. The first kappa shape index (κ1) is 20.2. The van der Waals surface area contributed by atoms with Crippen LogP contribution in [0.25, 0.3) is 0 Å². The van der Waals surface area contributed by atoms with E-state index in [2.05, 4.69) is 10.6 Å². The van der Waals surface area contributed by atoms with Gasteiger partial charge in [-0.25, -0.2) is 4.79 Å². The van der Waals surface area contributed by atoms with Gasteiger partial charge in [0.15, 0.2) is 0 Å². The van der Waals surface area contributed by atoms with E-state index in [1.54, 1.807) is 0 Å². The number of carboxylic acids is 1. The Hall–Kier alpha value is -1.88. The summed E-state index contributed by atoms with van der Waals surface area (Å²) in [7, 11) is 0. The van der Waals surface area contributed by atoms with Gasteiger partial charge in [0.05, 0.1) is 6.04 Å². The van der Waals surface area contributed by atoms with Crippen LogP contribution >= 0.6 is 0 Å². The maximum atomic E-state index is 12.7. The molecule has 0 aliphatic rings. The molecule has 5 nitrogen and oxygen atoms in total. The summed E-state index contributed by atoms with van der Waals surface area (Å²) in [6.07, 6.45) is 0.923. The Balaban J connectivity index is 2.88. The predicted molar refractivity (Wildman–Crippen MR) is 95.8 cm³/mol. The number of rotatable bonds is 8. The number of benzene rings is 1. The van der Waals surface area contributed by atoms with E-state index in [9.17, 15) is 14.7 Å². The van der Waals surface area contributed by atoms with Crippen molar-refractivity contribution in [3.63, 3.8) is 0 Å². The second-order valence-corrected chi connectivity index (χ2v) is 7.67. The van der Waals surface area contributed by atoms with Gasteiger partial charge >= 0.3 is 5.97 Å². The van der Waals surface area contributed by atoms with E-state index in [1.165, 1.54) is 0 Å². The molecule has 134 valence electrons. The van der Waals surface area contributed by atoms with E-state index in [0.29, 0.717) is 12.8 Å². The first-order chi connectivity index (χ1) is 11.1. The van der Waals surface area contributed by atoms with E-state index in [-0.39, 0.29) is 17.4 Å². The smallest absolute Gasteiger partial charge is 0.326 e. The van der Waals surface area contributed by atoms with Crippen molar-refractivity contribution in [3.05, 3.63) is 35.9 Å². The van der Waals surface area contributed by atoms with E-state index in [4.69, 9.17) is 0 Å². The highest BCUT2D eigenvalue weighted by molar-refractivity contribution is 5.87. The van der Waals surface area contributed by atoms with E-state index in [1.807, 2.05) is 65.0 Å². The van der Waals surface area contributed by atoms with Crippen LogP contribution in [0.5, 0.6) is 0 Å². The van der Waals surface area contributed by atoms with Crippen LogP contribution in [0, 0.1) is 5.92 Å². The normalized spacial score (nSPS) is 14.2. The fourth-order valence-corrected chi connectivity index (χ4v) is 2.55. The van der Waals surface area contributed by atoms with Gasteiger partial charge in [-0.3, -0.25) is 4.79 Å². The van der Waals surface area contributed by atoms with Crippen LogP contribution < -0.4 is 10.6 Å². The Morgan fingerprint density at radius 3 is 2.12 bits per heavy atom. The third-order valence-corrected chi connectivity index (χ3v) is 3.53. The lowest BCUT2D eigenvalue weighted by Crippen LogP contribution is -2.55. The van der Waals surface area contributed by atoms with Gasteiger partial charge in [-0.05, 0) is 45.1 Å². The molecule has 1 aromatic carbocycles. The Labute approximate surface area is 144 Å². The van der Waals surface area contributed by atoms with Crippen LogP contribution in [0.3, 0.4) is 0 Å². The van der Waals surface area contributed by atoms with E-state index in [0.717, 1.165) is 5.56 Å². The lowest BCUT2D eigenvalue weighted by atomic mass is 9.99. The molecule has 0 spiro atoms. The average molecular weight is 334 g/mol. The molecule has 24 heavy (non-hydrogen) atoms. The second-order valence-electron chi connectivity index (χ2n) is 7.67. The molecule has 0 saturated carbocycles. The number of nitrogens with one attached hydrogen (secondary N) is 2. The molecular weight excluding hydrogens is 304 g/mol. The Bertz CT molecular complexity index is 535. The molecule has 0 fully saturated rings. The molecule has 0 aromatic heterocycles. The largest absolute Gasteiger partial charge is 0.480 e. The van der Waals surface area contributed by atoms with E-state index >= 15 is 0 Å². The molecular formula is C19H30N2O3. The molecule has 0 bridgehead atoms. The summed E-state index contributed by atoms with van der Waals surface area (Å²) < 4.78 is 0. The van der Waals surface area contributed by atoms with Gasteiger partial charge < -0.3 is 15.7 Å². The van der Waals surface area contributed by atoms with Gasteiger partial charge in [0, 0.05) is 5.54 Å². The fraction of sp³-hybridized carbons (Fsp3) is 0.579. The zero-order chi connectivity index (χ0) is 18.3. The fourth-order valence-electron chi connectivity index (χ4n) is 2.55. The second kappa shape index (κ2) is 8.83. The van der Waals surface area contributed by atoms with E-state index < -0.39 is 18.1 Å². The van der Waals surface area contributed by atoms with Crippen LogP contribution in [0.1, 0.15) is 46.6 Å². The maximum absolute atomic E-state index is 12.7. The topological polar surface area (TPSA) is 78.4 Å². The van der Waals surface area contributed by atoms with Crippen LogP contribution in [-0.4, -0.2) is 34.6 Å². The van der Waals surface area contributed by atoms with Gasteiger partial charge in [-0.1, -0.05) is 44.2 Å². The first-order valence-corrected chi connectivity index (χ1v) is 8.43. The SMILES string of the molecule is CC(C)C[C@H](NC(=O)[C@H](Cc1ccccc1)NC(C)(C)C)C(=O)O. The monoisotopic (exact) mass is 334 g/mol. The number of hydrogen-bond acceptors (Lipinski definition) is 3. The third-order valence-electron chi connectivity index (χ3n) is 3.53. The van der Waals surface area contributed by atoms with Crippen molar-refractivity contribution in [1.29, 1.82) is 0 Å². The molecule has 0 saturated heterocycles. The number of hydrogen-bond donors (Lipinski definition) is 3.